The van der Waals surface area contributed by atoms with E-state index >= 15 is 0 Å². The van der Waals surface area contributed by atoms with Gasteiger partial charge in [-0.05, 0) is 12.1 Å². The molecule has 0 aliphatic heterocycles. The first-order chi connectivity index (χ1) is 10.8. The molecule has 2 aromatic carbocycles. The van der Waals surface area contributed by atoms with Crippen molar-refractivity contribution >= 4 is 11.8 Å². The van der Waals surface area contributed by atoms with Crippen LogP contribution in [0.1, 0.15) is 0 Å². The molecule has 0 saturated carbocycles. The summed E-state index contributed by atoms with van der Waals surface area (Å²) in [7, 11) is 0. The molecule has 0 radical (unpaired) electrons. The van der Waals surface area contributed by atoms with Gasteiger partial charge in [0.2, 0.25) is 5.16 Å². The third kappa shape index (κ3) is 3.40. The third-order valence-electron chi connectivity index (χ3n) is 3.02. The van der Waals surface area contributed by atoms with Crippen molar-refractivity contribution in [1.29, 1.82) is 0 Å². The van der Waals surface area contributed by atoms with Gasteiger partial charge in [-0.15, -0.1) is 10.2 Å². The Hall–Kier alpha value is -2.47. The van der Waals surface area contributed by atoms with Crippen LogP contribution in [-0.2, 0) is 0 Å². The summed E-state index contributed by atoms with van der Waals surface area (Å²) in [5.41, 5.74) is 0.949. The van der Waals surface area contributed by atoms with E-state index < -0.39 is 0 Å². The summed E-state index contributed by atoms with van der Waals surface area (Å²) in [5.74, 6) is 8.33. The number of benzene rings is 2. The molecule has 6 heteroatoms. The average molecular weight is 312 g/mol. The van der Waals surface area contributed by atoms with Crippen LogP contribution in [0.15, 0.2) is 65.8 Å². The second-order valence-electron chi connectivity index (χ2n) is 4.55. The summed E-state index contributed by atoms with van der Waals surface area (Å²) in [4.78, 5) is 0. The molecule has 0 unspecified atom stereocenters. The monoisotopic (exact) mass is 312 g/mol. The average Bonchev–Trinajstić information content (AvgIpc) is 2.94. The molecule has 0 fully saturated rings. The standard InChI is InChI=1S/C16H16N4OS/c17-20-15(13-7-3-1-4-8-13)18-19-16(20)22-12-11-21-14-9-5-2-6-10-14/h1-10H,11-12,17H2. The molecule has 3 aromatic rings. The third-order valence-corrected chi connectivity index (χ3v) is 3.93. The van der Waals surface area contributed by atoms with E-state index in [1.165, 1.54) is 16.4 Å². The lowest BCUT2D eigenvalue weighted by atomic mass is 10.2. The molecule has 0 saturated heterocycles. The number of para-hydroxylation sites is 1. The van der Waals surface area contributed by atoms with Crippen LogP contribution in [0.5, 0.6) is 5.75 Å². The Labute approximate surface area is 133 Å². The van der Waals surface area contributed by atoms with Crippen molar-refractivity contribution in [3.05, 3.63) is 60.7 Å². The van der Waals surface area contributed by atoms with Crippen molar-refractivity contribution in [2.45, 2.75) is 5.16 Å². The van der Waals surface area contributed by atoms with Gasteiger partial charge >= 0.3 is 0 Å². The van der Waals surface area contributed by atoms with Crippen molar-refractivity contribution in [1.82, 2.24) is 14.9 Å². The Morgan fingerprint density at radius 3 is 2.36 bits per heavy atom. The number of nitrogens with two attached hydrogens (primary N) is 1. The topological polar surface area (TPSA) is 66.0 Å². The van der Waals surface area contributed by atoms with Gasteiger partial charge in [-0.1, -0.05) is 60.3 Å². The second kappa shape index (κ2) is 7.00. The lowest BCUT2D eigenvalue weighted by molar-refractivity contribution is 0.344. The van der Waals surface area contributed by atoms with Gasteiger partial charge < -0.3 is 10.6 Å². The highest BCUT2D eigenvalue weighted by Gasteiger charge is 2.11. The fraction of sp³-hybridized carbons (Fsp3) is 0.125. The van der Waals surface area contributed by atoms with Crippen molar-refractivity contribution in [2.24, 2.45) is 0 Å². The first kappa shape index (κ1) is 14.5. The van der Waals surface area contributed by atoms with Crippen LogP contribution in [0.3, 0.4) is 0 Å². The Morgan fingerprint density at radius 2 is 1.64 bits per heavy atom. The molecule has 0 aliphatic carbocycles. The highest BCUT2D eigenvalue weighted by atomic mass is 32.2. The lowest BCUT2D eigenvalue weighted by Gasteiger charge is -2.06. The maximum Gasteiger partial charge on any atom is 0.210 e. The molecule has 0 spiro atoms. The molecule has 112 valence electrons. The molecule has 1 heterocycles. The maximum atomic E-state index is 6.06. The van der Waals surface area contributed by atoms with Crippen LogP contribution in [0.25, 0.3) is 11.4 Å². The number of nitrogens with zero attached hydrogens (tertiary/aromatic N) is 3. The summed E-state index contributed by atoms with van der Waals surface area (Å²) >= 11 is 1.52. The zero-order valence-corrected chi connectivity index (χ0v) is 12.7. The van der Waals surface area contributed by atoms with Crippen LogP contribution in [0.2, 0.25) is 0 Å². The van der Waals surface area contributed by atoms with Crippen molar-refractivity contribution in [2.75, 3.05) is 18.2 Å². The molecule has 1 aromatic heterocycles. The largest absolute Gasteiger partial charge is 0.493 e. The van der Waals surface area contributed by atoms with Crippen LogP contribution in [-0.4, -0.2) is 27.2 Å². The van der Waals surface area contributed by atoms with Gasteiger partial charge in [-0.3, -0.25) is 0 Å². The fourth-order valence-electron chi connectivity index (χ4n) is 1.97. The van der Waals surface area contributed by atoms with Crippen LogP contribution < -0.4 is 10.6 Å². The predicted molar refractivity (Wildman–Crippen MR) is 88.3 cm³/mol. The lowest BCUT2D eigenvalue weighted by Crippen LogP contribution is -2.12. The van der Waals surface area contributed by atoms with Crippen molar-refractivity contribution < 1.29 is 4.74 Å². The Morgan fingerprint density at radius 1 is 0.955 bits per heavy atom. The fourth-order valence-corrected chi connectivity index (χ4v) is 2.64. The van der Waals surface area contributed by atoms with Gasteiger partial charge in [0.05, 0.1) is 6.61 Å². The van der Waals surface area contributed by atoms with Gasteiger partial charge in [0.1, 0.15) is 5.75 Å². The molecule has 5 nitrogen and oxygen atoms in total. The summed E-state index contributed by atoms with van der Waals surface area (Å²) in [5, 5.41) is 8.96. The van der Waals surface area contributed by atoms with E-state index in [1.807, 2.05) is 60.7 Å². The molecule has 0 atom stereocenters. The highest BCUT2D eigenvalue weighted by Crippen LogP contribution is 2.21. The molecular weight excluding hydrogens is 296 g/mol. The molecule has 0 bridgehead atoms. The predicted octanol–water partition coefficient (Wildman–Crippen LogP) is 2.83. The van der Waals surface area contributed by atoms with Gasteiger partial charge in [-0.2, -0.15) is 0 Å². The van der Waals surface area contributed by atoms with E-state index in [0.717, 1.165) is 17.1 Å². The van der Waals surface area contributed by atoms with Gasteiger partial charge in [0.15, 0.2) is 5.82 Å². The first-order valence-corrected chi connectivity index (χ1v) is 7.90. The Kier molecular flexibility index (Phi) is 4.60. The number of aromatic nitrogens is 3. The van der Waals surface area contributed by atoms with E-state index in [9.17, 15) is 0 Å². The highest BCUT2D eigenvalue weighted by molar-refractivity contribution is 7.99. The SMILES string of the molecule is Nn1c(SCCOc2ccccc2)nnc1-c1ccccc1. The van der Waals surface area contributed by atoms with Gasteiger partial charge in [-0.25, -0.2) is 4.68 Å². The normalized spacial score (nSPS) is 10.5. The summed E-state index contributed by atoms with van der Waals surface area (Å²) in [6, 6.07) is 19.5. The Balaban J connectivity index is 1.57. The quantitative estimate of drug-likeness (QED) is 0.431. The molecule has 2 N–H and O–H groups in total. The molecule has 22 heavy (non-hydrogen) atoms. The zero-order chi connectivity index (χ0) is 15.2. The van der Waals surface area contributed by atoms with E-state index in [-0.39, 0.29) is 0 Å². The minimum absolute atomic E-state index is 0.586. The number of hydrogen-bond acceptors (Lipinski definition) is 5. The number of nitrogen functional groups attached to an aromatic ring is 1. The number of rotatable bonds is 6. The van der Waals surface area contributed by atoms with E-state index in [1.54, 1.807) is 0 Å². The summed E-state index contributed by atoms with van der Waals surface area (Å²) < 4.78 is 7.16. The van der Waals surface area contributed by atoms with E-state index in [4.69, 9.17) is 10.6 Å². The second-order valence-corrected chi connectivity index (χ2v) is 5.61. The number of thioether (sulfide) groups is 1. The van der Waals surface area contributed by atoms with Gasteiger partial charge in [0, 0.05) is 11.3 Å². The minimum atomic E-state index is 0.586. The smallest absolute Gasteiger partial charge is 0.210 e. The van der Waals surface area contributed by atoms with E-state index in [2.05, 4.69) is 10.2 Å². The molecule has 3 rings (SSSR count). The zero-order valence-electron chi connectivity index (χ0n) is 11.9. The number of ether oxygens (including phenoxy) is 1. The van der Waals surface area contributed by atoms with Crippen LogP contribution in [0.4, 0.5) is 0 Å². The maximum absolute atomic E-state index is 6.06. The molecule has 0 amide bonds. The minimum Gasteiger partial charge on any atom is -0.493 e. The molecular formula is C16H16N4OS. The summed E-state index contributed by atoms with van der Waals surface area (Å²) in [6.07, 6.45) is 0. The summed E-state index contributed by atoms with van der Waals surface area (Å²) in [6.45, 7) is 0.586. The van der Waals surface area contributed by atoms with Crippen LogP contribution in [0, 0.1) is 0 Å². The Bertz CT molecular complexity index is 716. The van der Waals surface area contributed by atoms with Gasteiger partial charge in [0.25, 0.3) is 0 Å². The number of hydrogen-bond donors (Lipinski definition) is 1. The van der Waals surface area contributed by atoms with Crippen molar-refractivity contribution in [3.63, 3.8) is 0 Å². The molecule has 0 aliphatic rings. The van der Waals surface area contributed by atoms with E-state index in [0.29, 0.717) is 17.6 Å². The van der Waals surface area contributed by atoms with Crippen LogP contribution >= 0.6 is 11.8 Å². The first-order valence-electron chi connectivity index (χ1n) is 6.91. The van der Waals surface area contributed by atoms with Crippen molar-refractivity contribution in [3.8, 4) is 17.1 Å².